The number of carbonyl (C=O) groups excluding carboxylic acids is 1. The fourth-order valence-corrected chi connectivity index (χ4v) is 2.44. The lowest BCUT2D eigenvalue weighted by Gasteiger charge is -2.12. The number of aryl methyl sites for hydroxylation is 3. The monoisotopic (exact) mass is 407 g/mol. The van der Waals surface area contributed by atoms with Gasteiger partial charge in [0.2, 0.25) is 11.8 Å². The summed E-state index contributed by atoms with van der Waals surface area (Å²) in [6.45, 7) is 6.18. The van der Waals surface area contributed by atoms with Gasteiger partial charge in [0.1, 0.15) is 5.76 Å². The summed E-state index contributed by atoms with van der Waals surface area (Å²) in [5, 5.41) is 8.89. The molecule has 1 aromatic carbocycles. The maximum Gasteiger partial charge on any atom is 0.243 e. The lowest BCUT2D eigenvalue weighted by atomic mass is 10.2. The maximum atomic E-state index is 12.1. The zero-order chi connectivity index (χ0) is 18.4. The van der Waals surface area contributed by atoms with Gasteiger partial charge in [0.15, 0.2) is 5.96 Å². The van der Waals surface area contributed by atoms with Crippen molar-refractivity contribution in [3.8, 4) is 0 Å². The van der Waals surface area contributed by atoms with Crippen molar-refractivity contribution < 1.29 is 9.21 Å². The number of aromatic nitrogens is 1. The molecule has 0 saturated carbocycles. The Morgan fingerprint density at radius 3 is 2.68 bits per heavy atom. The molecule has 0 atom stereocenters. The molecule has 1 heterocycles. The van der Waals surface area contributed by atoms with Gasteiger partial charge in [-0.05, 0) is 38.5 Å². The molecular formula is C17H22BrN5O2. The van der Waals surface area contributed by atoms with Gasteiger partial charge < -0.3 is 20.4 Å². The van der Waals surface area contributed by atoms with Gasteiger partial charge in [-0.3, -0.25) is 9.79 Å². The number of oxazole rings is 1. The van der Waals surface area contributed by atoms with E-state index in [4.69, 9.17) is 4.42 Å². The second-order valence-corrected chi connectivity index (χ2v) is 6.45. The molecule has 0 radical (unpaired) electrons. The highest BCUT2D eigenvalue weighted by Crippen LogP contribution is 2.20. The van der Waals surface area contributed by atoms with Crippen LogP contribution in [-0.2, 0) is 11.3 Å². The van der Waals surface area contributed by atoms with E-state index in [1.165, 1.54) is 0 Å². The minimum absolute atomic E-state index is 0.0925. The summed E-state index contributed by atoms with van der Waals surface area (Å²) in [6, 6.07) is 5.74. The Kier molecular flexibility index (Phi) is 6.58. The Bertz CT molecular complexity index is 766. The number of benzene rings is 1. The summed E-state index contributed by atoms with van der Waals surface area (Å²) < 4.78 is 6.41. The number of anilines is 1. The molecule has 2 rings (SSSR count). The van der Waals surface area contributed by atoms with Gasteiger partial charge in [-0.15, -0.1) is 0 Å². The van der Waals surface area contributed by atoms with Crippen LogP contribution in [-0.4, -0.2) is 30.4 Å². The third kappa shape index (κ3) is 5.60. The minimum atomic E-state index is -0.160. The summed E-state index contributed by atoms with van der Waals surface area (Å²) in [6.07, 6.45) is 0. The molecule has 134 valence electrons. The Balaban J connectivity index is 1.83. The molecule has 8 heteroatoms. The highest BCUT2D eigenvalue weighted by molar-refractivity contribution is 9.10. The summed E-state index contributed by atoms with van der Waals surface area (Å²) in [5.41, 5.74) is 2.63. The van der Waals surface area contributed by atoms with Crippen LogP contribution < -0.4 is 16.0 Å². The van der Waals surface area contributed by atoms with E-state index in [9.17, 15) is 4.79 Å². The van der Waals surface area contributed by atoms with Crippen molar-refractivity contribution in [2.24, 2.45) is 4.99 Å². The Labute approximate surface area is 155 Å². The first-order valence-corrected chi connectivity index (χ1v) is 8.61. The second-order valence-electron chi connectivity index (χ2n) is 5.54. The van der Waals surface area contributed by atoms with Crippen LogP contribution >= 0.6 is 15.9 Å². The SMILES string of the molecule is CN=C(NCC(=O)Nc1cc(Br)ccc1C)NCc1nc(C)c(C)o1. The molecule has 0 unspecified atom stereocenters. The minimum Gasteiger partial charge on any atom is -0.444 e. The number of nitrogens with one attached hydrogen (secondary N) is 3. The summed E-state index contributed by atoms with van der Waals surface area (Å²) >= 11 is 3.40. The zero-order valence-corrected chi connectivity index (χ0v) is 16.3. The largest absolute Gasteiger partial charge is 0.444 e. The van der Waals surface area contributed by atoms with Crippen molar-refractivity contribution in [2.45, 2.75) is 27.3 Å². The molecule has 0 aliphatic rings. The standard InChI is InChI=1S/C17H22BrN5O2/c1-10-5-6-13(18)7-14(10)23-15(24)8-20-17(19-4)21-9-16-22-11(2)12(3)25-16/h5-7H,8-9H2,1-4H3,(H,23,24)(H2,19,20,21). The fraction of sp³-hybridized carbons (Fsp3) is 0.353. The maximum absolute atomic E-state index is 12.1. The number of hydrogen-bond acceptors (Lipinski definition) is 4. The van der Waals surface area contributed by atoms with E-state index in [-0.39, 0.29) is 12.5 Å². The lowest BCUT2D eigenvalue weighted by molar-refractivity contribution is -0.115. The summed E-state index contributed by atoms with van der Waals surface area (Å²) in [5.74, 6) is 1.71. The number of guanidine groups is 1. The average molecular weight is 408 g/mol. The molecule has 0 fully saturated rings. The Hall–Kier alpha value is -2.35. The number of halogens is 1. The van der Waals surface area contributed by atoms with Crippen molar-refractivity contribution in [2.75, 3.05) is 18.9 Å². The van der Waals surface area contributed by atoms with Crippen molar-refractivity contribution in [3.05, 3.63) is 45.6 Å². The van der Waals surface area contributed by atoms with Crippen LogP contribution in [0, 0.1) is 20.8 Å². The number of amides is 1. The Morgan fingerprint density at radius 2 is 2.04 bits per heavy atom. The highest BCUT2D eigenvalue weighted by atomic mass is 79.9. The smallest absolute Gasteiger partial charge is 0.243 e. The van der Waals surface area contributed by atoms with Crippen LogP contribution in [0.3, 0.4) is 0 Å². The number of rotatable bonds is 5. The molecule has 0 bridgehead atoms. The van der Waals surface area contributed by atoms with E-state index in [1.807, 2.05) is 39.0 Å². The quantitative estimate of drug-likeness (QED) is 0.523. The van der Waals surface area contributed by atoms with Crippen molar-refractivity contribution in [1.29, 1.82) is 0 Å². The summed E-state index contributed by atoms with van der Waals surface area (Å²) in [4.78, 5) is 20.5. The van der Waals surface area contributed by atoms with Crippen LogP contribution in [0.5, 0.6) is 0 Å². The van der Waals surface area contributed by atoms with Gasteiger partial charge in [0.05, 0.1) is 18.8 Å². The molecule has 1 amide bonds. The predicted octanol–water partition coefficient (Wildman–Crippen LogP) is 2.67. The summed E-state index contributed by atoms with van der Waals surface area (Å²) in [7, 11) is 1.64. The van der Waals surface area contributed by atoms with Crippen LogP contribution in [0.25, 0.3) is 0 Å². The van der Waals surface area contributed by atoms with Gasteiger partial charge in [-0.25, -0.2) is 4.98 Å². The average Bonchev–Trinajstić information content (AvgIpc) is 2.89. The number of nitrogens with zero attached hydrogens (tertiary/aromatic N) is 2. The van der Waals surface area contributed by atoms with E-state index in [0.717, 1.165) is 27.2 Å². The molecule has 0 aliphatic heterocycles. The Morgan fingerprint density at radius 1 is 1.28 bits per heavy atom. The molecule has 3 N–H and O–H groups in total. The van der Waals surface area contributed by atoms with E-state index in [0.29, 0.717) is 18.4 Å². The van der Waals surface area contributed by atoms with Gasteiger partial charge in [-0.2, -0.15) is 0 Å². The fourth-order valence-electron chi connectivity index (χ4n) is 2.08. The highest BCUT2D eigenvalue weighted by Gasteiger charge is 2.09. The van der Waals surface area contributed by atoms with Gasteiger partial charge in [-0.1, -0.05) is 22.0 Å². The van der Waals surface area contributed by atoms with Crippen LogP contribution in [0.2, 0.25) is 0 Å². The third-order valence-corrected chi connectivity index (χ3v) is 4.09. The van der Waals surface area contributed by atoms with E-state index in [1.54, 1.807) is 7.05 Å². The predicted molar refractivity (Wildman–Crippen MR) is 102 cm³/mol. The molecule has 1 aromatic heterocycles. The number of hydrogen-bond donors (Lipinski definition) is 3. The molecule has 7 nitrogen and oxygen atoms in total. The van der Waals surface area contributed by atoms with E-state index in [2.05, 4.69) is 41.9 Å². The lowest BCUT2D eigenvalue weighted by Crippen LogP contribution is -2.41. The van der Waals surface area contributed by atoms with Gasteiger partial charge in [0.25, 0.3) is 0 Å². The molecule has 0 saturated heterocycles. The van der Waals surface area contributed by atoms with E-state index < -0.39 is 0 Å². The zero-order valence-electron chi connectivity index (χ0n) is 14.7. The topological polar surface area (TPSA) is 91.5 Å². The van der Waals surface area contributed by atoms with Crippen LogP contribution in [0.1, 0.15) is 22.9 Å². The van der Waals surface area contributed by atoms with Crippen molar-refractivity contribution in [3.63, 3.8) is 0 Å². The normalized spacial score (nSPS) is 11.3. The number of carbonyl (C=O) groups is 1. The van der Waals surface area contributed by atoms with Crippen LogP contribution in [0.4, 0.5) is 5.69 Å². The van der Waals surface area contributed by atoms with Crippen molar-refractivity contribution >= 4 is 33.5 Å². The number of aliphatic imine (C=N–C) groups is 1. The first kappa shape index (κ1) is 19.0. The van der Waals surface area contributed by atoms with Gasteiger partial charge >= 0.3 is 0 Å². The molecule has 0 spiro atoms. The van der Waals surface area contributed by atoms with Crippen LogP contribution in [0.15, 0.2) is 32.1 Å². The molecule has 0 aliphatic carbocycles. The molecule has 25 heavy (non-hydrogen) atoms. The van der Waals surface area contributed by atoms with E-state index >= 15 is 0 Å². The molecule has 2 aromatic rings. The first-order valence-electron chi connectivity index (χ1n) is 7.82. The van der Waals surface area contributed by atoms with Gasteiger partial charge in [0, 0.05) is 17.2 Å². The third-order valence-electron chi connectivity index (χ3n) is 3.59. The van der Waals surface area contributed by atoms with Crippen molar-refractivity contribution in [1.82, 2.24) is 15.6 Å². The second kappa shape index (κ2) is 8.66. The molecular weight excluding hydrogens is 386 g/mol. The first-order chi connectivity index (χ1) is 11.9.